The van der Waals surface area contributed by atoms with E-state index in [1.165, 1.54) is 12.5 Å². The van der Waals surface area contributed by atoms with Crippen molar-refractivity contribution < 1.29 is 47.6 Å². The molecule has 6 unspecified atom stereocenters. The molecule has 12 heteroatoms. The minimum Gasteiger partial charge on any atom is -0.457 e. The number of cyclic esters (lactones) is 2. The molecular weight excluding hydrogens is 716 g/mol. The molecule has 3 heterocycles. The Balaban J connectivity index is 1.93. The molecule has 2 aromatic rings. The summed E-state index contributed by atoms with van der Waals surface area (Å²) in [6.45, 7) is 11.0. The van der Waals surface area contributed by atoms with Gasteiger partial charge in [0.1, 0.15) is 24.7 Å². The molecule has 0 saturated heterocycles. The second kappa shape index (κ2) is 22.6. The third kappa shape index (κ3) is 13.7. The number of nitrogens with zero attached hydrogens (tertiary/aromatic N) is 2. The zero-order chi connectivity index (χ0) is 41.1. The Morgan fingerprint density at radius 2 is 1.21 bits per heavy atom. The van der Waals surface area contributed by atoms with Crippen LogP contribution in [0.4, 0.5) is 0 Å². The van der Waals surface area contributed by atoms with Crippen molar-refractivity contribution in [3.63, 3.8) is 0 Å². The Hall–Kier alpha value is -4.88. The molecule has 1 aliphatic rings. The van der Waals surface area contributed by atoms with E-state index in [2.05, 4.69) is 9.97 Å². The second-order valence-corrected chi connectivity index (χ2v) is 14.4. The van der Waals surface area contributed by atoms with Crippen LogP contribution in [-0.4, -0.2) is 83.0 Å². The lowest BCUT2D eigenvalue weighted by molar-refractivity contribution is -0.0462. The van der Waals surface area contributed by atoms with Crippen LogP contribution >= 0.6 is 0 Å². The number of aromatic nitrogens is 2. The zero-order valence-electron chi connectivity index (χ0n) is 33.7. The van der Waals surface area contributed by atoms with E-state index in [-0.39, 0.29) is 30.1 Å². The summed E-state index contributed by atoms with van der Waals surface area (Å²) in [6.07, 6.45) is 28.4. The fourth-order valence-corrected chi connectivity index (χ4v) is 5.60. The maximum Gasteiger partial charge on any atom is 0.360 e. The molecule has 0 saturated carbocycles. The standard InChI is InChI=1S/C44H58N2O10/c1-9-20-35(47)43(3,4)37-25-17-13-11-12-15-23-32(52-8)28-40-46-34(30-54-40)42(50)56-38(44(5,6)36(48)21-10-2)26-19-24-31(51-7)22-16-14-18-27-39-45-33(29-53-39)41(49)55-37/h9-24,29-32,35-38,47-48H,25-28H2,1-8H3. The van der Waals surface area contributed by atoms with Gasteiger partial charge in [-0.1, -0.05) is 125 Å². The van der Waals surface area contributed by atoms with Crippen LogP contribution in [-0.2, 0) is 31.8 Å². The van der Waals surface area contributed by atoms with E-state index in [4.69, 9.17) is 27.8 Å². The molecule has 3 rings (SSSR count). The van der Waals surface area contributed by atoms with E-state index >= 15 is 0 Å². The fourth-order valence-electron chi connectivity index (χ4n) is 5.60. The average molecular weight is 775 g/mol. The molecule has 0 aromatic carbocycles. The van der Waals surface area contributed by atoms with Crippen LogP contribution in [0.25, 0.3) is 0 Å². The van der Waals surface area contributed by atoms with E-state index in [9.17, 15) is 19.8 Å². The van der Waals surface area contributed by atoms with Gasteiger partial charge in [-0.25, -0.2) is 19.6 Å². The minimum atomic E-state index is -0.895. The summed E-state index contributed by atoms with van der Waals surface area (Å²) in [7, 11) is 3.14. The summed E-state index contributed by atoms with van der Waals surface area (Å²) in [4.78, 5) is 35.3. The summed E-state index contributed by atoms with van der Waals surface area (Å²) in [5, 5.41) is 21.8. The number of methoxy groups -OCH3 is 2. The van der Waals surface area contributed by atoms with Crippen LogP contribution in [0.3, 0.4) is 0 Å². The summed E-state index contributed by atoms with van der Waals surface area (Å²) in [5.74, 6) is -0.721. The van der Waals surface area contributed by atoms with Gasteiger partial charge < -0.3 is 38.0 Å². The SMILES string of the molecule is CC=CC(O)C(C)(C)C1CC=CC=CC=CC(OC)Cc2nc(co2)C(=O)OC(C(C)(C)C(O)C=CC)CC=CC(OC)C=CC=CCc2nc(co2)C(=O)O1. The zero-order valence-corrected chi connectivity index (χ0v) is 33.7. The Morgan fingerprint density at radius 1 is 0.696 bits per heavy atom. The van der Waals surface area contributed by atoms with Gasteiger partial charge in [-0.2, -0.15) is 0 Å². The number of carbonyl (C=O) groups is 2. The molecule has 1 aliphatic heterocycles. The van der Waals surface area contributed by atoms with Crippen molar-refractivity contribution in [1.82, 2.24) is 9.97 Å². The normalized spacial score (nSPS) is 22.7. The highest BCUT2D eigenvalue weighted by Gasteiger charge is 2.39. The van der Waals surface area contributed by atoms with Crippen LogP contribution in [0.1, 0.15) is 87.1 Å². The Morgan fingerprint density at radius 3 is 1.79 bits per heavy atom. The van der Waals surface area contributed by atoms with Crippen molar-refractivity contribution in [2.45, 2.75) is 104 Å². The second-order valence-electron chi connectivity index (χ2n) is 14.4. The minimum absolute atomic E-state index is 0.00434. The predicted molar refractivity (Wildman–Crippen MR) is 214 cm³/mol. The van der Waals surface area contributed by atoms with Gasteiger partial charge in [0, 0.05) is 44.3 Å². The maximum absolute atomic E-state index is 13.4. The predicted octanol–water partition coefficient (Wildman–Crippen LogP) is 7.59. The number of fused-ring (bicyclic) bond motifs is 4. The molecule has 6 atom stereocenters. The quantitative estimate of drug-likeness (QED) is 0.200. The number of esters is 2. The van der Waals surface area contributed by atoms with E-state index < -0.39 is 59.4 Å². The highest BCUT2D eigenvalue weighted by Crippen LogP contribution is 2.33. The largest absolute Gasteiger partial charge is 0.457 e. The molecule has 0 spiro atoms. The third-order valence-corrected chi connectivity index (χ3v) is 9.57. The molecule has 12 nitrogen and oxygen atoms in total. The van der Waals surface area contributed by atoms with Crippen molar-refractivity contribution in [1.29, 1.82) is 0 Å². The van der Waals surface area contributed by atoms with Crippen LogP contribution in [0.5, 0.6) is 0 Å². The maximum atomic E-state index is 13.4. The molecule has 0 amide bonds. The molecule has 56 heavy (non-hydrogen) atoms. The number of aliphatic hydroxyl groups excluding tert-OH is 2. The summed E-state index contributed by atoms with van der Waals surface area (Å²) < 4.78 is 34.2. The van der Waals surface area contributed by atoms with Gasteiger partial charge in [-0.3, -0.25) is 0 Å². The number of carbonyl (C=O) groups excluding carboxylic acids is 2. The summed E-state index contributed by atoms with van der Waals surface area (Å²) in [5.41, 5.74) is -1.66. The highest BCUT2D eigenvalue weighted by atomic mass is 16.6. The number of ether oxygens (including phenoxy) is 4. The third-order valence-electron chi connectivity index (χ3n) is 9.57. The van der Waals surface area contributed by atoms with E-state index in [0.717, 1.165) is 0 Å². The molecule has 4 bridgehead atoms. The van der Waals surface area contributed by atoms with Crippen LogP contribution in [0.2, 0.25) is 0 Å². The van der Waals surface area contributed by atoms with Crippen molar-refractivity contribution in [2.24, 2.45) is 10.8 Å². The summed E-state index contributed by atoms with van der Waals surface area (Å²) in [6, 6.07) is 0. The van der Waals surface area contributed by atoms with Crippen molar-refractivity contribution >= 4 is 11.9 Å². The molecule has 2 aromatic heterocycles. The lowest BCUT2D eigenvalue weighted by Crippen LogP contribution is -2.42. The molecule has 2 N–H and O–H groups in total. The first-order valence-corrected chi connectivity index (χ1v) is 18.7. The number of oxazole rings is 2. The Labute approximate surface area is 330 Å². The summed E-state index contributed by atoms with van der Waals surface area (Å²) >= 11 is 0. The Kier molecular flexibility index (Phi) is 18.4. The van der Waals surface area contributed by atoms with Crippen molar-refractivity contribution in [2.75, 3.05) is 14.2 Å². The fraction of sp³-hybridized carbons (Fsp3) is 0.455. The lowest BCUT2D eigenvalue weighted by atomic mass is 9.79. The van der Waals surface area contributed by atoms with Gasteiger partial charge in [-0.05, 0) is 13.8 Å². The van der Waals surface area contributed by atoms with Gasteiger partial charge in [0.15, 0.2) is 23.2 Å². The van der Waals surface area contributed by atoms with Crippen molar-refractivity contribution in [3.05, 3.63) is 133 Å². The van der Waals surface area contributed by atoms with E-state index in [1.54, 1.807) is 44.6 Å². The number of allylic oxidation sites excluding steroid dienone is 9. The van der Waals surface area contributed by atoms with Crippen LogP contribution in [0, 0.1) is 10.8 Å². The molecule has 0 radical (unpaired) electrons. The smallest absolute Gasteiger partial charge is 0.360 e. The van der Waals surface area contributed by atoms with Gasteiger partial charge in [0.05, 0.1) is 30.8 Å². The van der Waals surface area contributed by atoms with Crippen LogP contribution < -0.4 is 0 Å². The lowest BCUT2D eigenvalue weighted by Gasteiger charge is -2.36. The number of hydrogen-bond acceptors (Lipinski definition) is 12. The number of aliphatic hydroxyl groups is 2. The first-order chi connectivity index (χ1) is 26.8. The number of rotatable bonds is 8. The molecule has 0 aliphatic carbocycles. The van der Waals surface area contributed by atoms with E-state index in [1.807, 2.05) is 108 Å². The monoisotopic (exact) mass is 774 g/mol. The van der Waals surface area contributed by atoms with Gasteiger partial charge >= 0.3 is 11.9 Å². The van der Waals surface area contributed by atoms with Gasteiger partial charge in [0.2, 0.25) is 0 Å². The van der Waals surface area contributed by atoms with Crippen LogP contribution in [0.15, 0.2) is 119 Å². The first kappa shape index (κ1) is 45.5. The average Bonchev–Trinajstić information content (AvgIpc) is 3.85. The first-order valence-electron chi connectivity index (χ1n) is 18.7. The molecular formula is C44H58N2O10. The van der Waals surface area contributed by atoms with Crippen molar-refractivity contribution in [3.8, 4) is 0 Å². The Bertz CT molecular complexity index is 1770. The molecule has 0 fully saturated rings. The number of hydrogen-bond donors (Lipinski definition) is 2. The highest BCUT2D eigenvalue weighted by molar-refractivity contribution is 5.87. The topological polar surface area (TPSA) is 164 Å². The van der Waals surface area contributed by atoms with Gasteiger partial charge in [0.25, 0.3) is 0 Å². The van der Waals surface area contributed by atoms with E-state index in [0.29, 0.717) is 18.7 Å². The van der Waals surface area contributed by atoms with Gasteiger partial charge in [-0.15, -0.1) is 0 Å². The molecule has 304 valence electrons.